The van der Waals surface area contributed by atoms with Crippen LogP contribution in [0.25, 0.3) is 0 Å². The van der Waals surface area contributed by atoms with Crippen LogP contribution in [0.2, 0.25) is 5.15 Å². The number of piperidine rings is 1. The number of terminal acetylenes is 1. The number of halogens is 2. The van der Waals surface area contributed by atoms with Gasteiger partial charge in [0.2, 0.25) is 0 Å². The van der Waals surface area contributed by atoms with Gasteiger partial charge in [0.05, 0.1) is 12.2 Å². The molecule has 1 aromatic heterocycles. The van der Waals surface area contributed by atoms with Crippen molar-refractivity contribution in [2.75, 3.05) is 25.0 Å². The van der Waals surface area contributed by atoms with Crippen molar-refractivity contribution in [2.45, 2.75) is 18.9 Å². The minimum atomic E-state index is 0.438. The Bertz CT molecular complexity index is 450. The van der Waals surface area contributed by atoms with Gasteiger partial charge in [-0.3, -0.25) is 4.90 Å². The number of nitrogens with zero attached hydrogens (tertiary/aromatic N) is 2. The van der Waals surface area contributed by atoms with E-state index in [1.807, 2.05) is 6.07 Å². The molecule has 2 heterocycles. The second kappa shape index (κ2) is 6.42. The van der Waals surface area contributed by atoms with E-state index in [2.05, 4.69) is 37.1 Å². The first-order chi connectivity index (χ1) is 8.69. The molecule has 96 valence electrons. The van der Waals surface area contributed by atoms with Crippen LogP contribution < -0.4 is 5.32 Å². The zero-order valence-corrected chi connectivity index (χ0v) is 12.3. The van der Waals surface area contributed by atoms with Crippen LogP contribution in [0.1, 0.15) is 12.8 Å². The first kappa shape index (κ1) is 13.7. The molecule has 1 aromatic rings. The first-order valence-electron chi connectivity index (χ1n) is 5.92. The molecule has 1 saturated heterocycles. The molecule has 0 bridgehead atoms. The van der Waals surface area contributed by atoms with Crippen LogP contribution in [0.5, 0.6) is 0 Å². The predicted octanol–water partition coefficient (Wildman–Crippen LogP) is 3.01. The fraction of sp³-hybridized carbons (Fsp3) is 0.462. The van der Waals surface area contributed by atoms with E-state index in [4.69, 9.17) is 18.0 Å². The molecule has 1 aliphatic rings. The second-order valence-corrected chi connectivity index (χ2v) is 5.66. The summed E-state index contributed by atoms with van der Waals surface area (Å²) in [6.07, 6.45) is 9.16. The lowest BCUT2D eigenvalue weighted by atomic mass is 10.0. The van der Waals surface area contributed by atoms with Crippen LogP contribution in [0.4, 0.5) is 5.69 Å². The van der Waals surface area contributed by atoms with Crippen LogP contribution in [0, 0.1) is 12.3 Å². The molecule has 0 unspecified atom stereocenters. The van der Waals surface area contributed by atoms with E-state index >= 15 is 0 Å². The minimum Gasteiger partial charge on any atom is -0.380 e. The van der Waals surface area contributed by atoms with Gasteiger partial charge in [-0.25, -0.2) is 4.98 Å². The third-order valence-electron chi connectivity index (χ3n) is 3.07. The maximum atomic E-state index is 6.06. The van der Waals surface area contributed by atoms with Crippen LogP contribution in [-0.2, 0) is 0 Å². The van der Waals surface area contributed by atoms with Gasteiger partial charge in [-0.1, -0.05) is 17.5 Å². The maximum Gasteiger partial charge on any atom is 0.152 e. The monoisotopic (exact) mass is 327 g/mol. The van der Waals surface area contributed by atoms with Crippen LogP contribution >= 0.6 is 27.5 Å². The molecule has 18 heavy (non-hydrogen) atoms. The number of pyridine rings is 1. The van der Waals surface area contributed by atoms with Crippen molar-refractivity contribution in [1.29, 1.82) is 0 Å². The van der Waals surface area contributed by atoms with Gasteiger partial charge >= 0.3 is 0 Å². The Balaban J connectivity index is 1.92. The molecule has 0 amide bonds. The van der Waals surface area contributed by atoms with E-state index in [0.717, 1.165) is 42.6 Å². The van der Waals surface area contributed by atoms with Crippen molar-refractivity contribution >= 4 is 33.2 Å². The fourth-order valence-electron chi connectivity index (χ4n) is 2.11. The Morgan fingerprint density at radius 2 is 2.28 bits per heavy atom. The van der Waals surface area contributed by atoms with E-state index < -0.39 is 0 Å². The number of rotatable bonds is 3. The van der Waals surface area contributed by atoms with Crippen molar-refractivity contribution in [2.24, 2.45) is 0 Å². The number of hydrogen-bond acceptors (Lipinski definition) is 3. The number of anilines is 1. The summed E-state index contributed by atoms with van der Waals surface area (Å²) in [5.74, 6) is 2.69. The van der Waals surface area contributed by atoms with Crippen molar-refractivity contribution in [3.8, 4) is 12.3 Å². The highest BCUT2D eigenvalue weighted by atomic mass is 79.9. The number of likely N-dealkylation sites (tertiary alicyclic amines) is 1. The lowest BCUT2D eigenvalue weighted by Crippen LogP contribution is -2.39. The molecule has 1 aliphatic heterocycles. The van der Waals surface area contributed by atoms with Gasteiger partial charge in [0.1, 0.15) is 0 Å². The molecule has 1 fully saturated rings. The molecule has 1 N–H and O–H groups in total. The van der Waals surface area contributed by atoms with Gasteiger partial charge in [-0.15, -0.1) is 6.42 Å². The lowest BCUT2D eigenvalue weighted by Gasteiger charge is -2.31. The van der Waals surface area contributed by atoms with Gasteiger partial charge in [0.15, 0.2) is 5.15 Å². The Hall–Kier alpha value is -0.760. The number of nitrogens with one attached hydrogen (secondary N) is 1. The van der Waals surface area contributed by atoms with Crippen LogP contribution in [0.15, 0.2) is 16.7 Å². The molecule has 0 spiro atoms. The Morgan fingerprint density at radius 3 is 2.94 bits per heavy atom. The summed E-state index contributed by atoms with van der Waals surface area (Å²) < 4.78 is 0.930. The zero-order valence-electron chi connectivity index (χ0n) is 10.00. The Labute approximate surface area is 121 Å². The van der Waals surface area contributed by atoms with E-state index in [1.165, 1.54) is 0 Å². The predicted molar refractivity (Wildman–Crippen MR) is 78.9 cm³/mol. The normalized spacial score (nSPS) is 17.4. The van der Waals surface area contributed by atoms with Gasteiger partial charge in [-0.05, 0) is 34.8 Å². The summed E-state index contributed by atoms with van der Waals surface area (Å²) in [6, 6.07) is 2.40. The third-order valence-corrected chi connectivity index (χ3v) is 3.80. The summed E-state index contributed by atoms with van der Waals surface area (Å²) in [4.78, 5) is 6.40. The highest BCUT2D eigenvalue weighted by Gasteiger charge is 2.19. The standard InChI is InChI=1S/C13H15BrClN3/c1-2-5-18-6-3-11(4-7-18)17-12-8-10(14)9-16-13(12)15/h1,8-9,11,17H,3-7H2. The van der Waals surface area contributed by atoms with Gasteiger partial charge in [0.25, 0.3) is 0 Å². The molecule has 3 nitrogen and oxygen atoms in total. The quantitative estimate of drug-likeness (QED) is 0.683. The zero-order chi connectivity index (χ0) is 13.0. The summed E-state index contributed by atoms with van der Waals surface area (Å²) in [7, 11) is 0. The summed E-state index contributed by atoms with van der Waals surface area (Å²) >= 11 is 9.46. The first-order valence-corrected chi connectivity index (χ1v) is 7.09. The molecule has 0 radical (unpaired) electrons. The highest BCUT2D eigenvalue weighted by molar-refractivity contribution is 9.10. The Kier molecular flexibility index (Phi) is 4.87. The van der Waals surface area contributed by atoms with Gasteiger partial charge in [-0.2, -0.15) is 0 Å². The maximum absolute atomic E-state index is 6.06. The van der Waals surface area contributed by atoms with Crippen LogP contribution in [-0.4, -0.2) is 35.6 Å². The molecule has 0 atom stereocenters. The van der Waals surface area contributed by atoms with E-state index in [9.17, 15) is 0 Å². The second-order valence-electron chi connectivity index (χ2n) is 4.39. The smallest absolute Gasteiger partial charge is 0.152 e. The molecule has 5 heteroatoms. The topological polar surface area (TPSA) is 28.2 Å². The largest absolute Gasteiger partial charge is 0.380 e. The molecule has 2 rings (SSSR count). The average molecular weight is 329 g/mol. The van der Waals surface area contributed by atoms with Gasteiger partial charge < -0.3 is 5.32 Å². The molecule has 0 saturated carbocycles. The SMILES string of the molecule is C#CCN1CCC(Nc2cc(Br)cnc2Cl)CC1. The van der Waals surface area contributed by atoms with E-state index in [1.54, 1.807) is 6.20 Å². The van der Waals surface area contributed by atoms with Crippen molar-refractivity contribution in [3.05, 3.63) is 21.9 Å². The highest BCUT2D eigenvalue weighted by Crippen LogP contribution is 2.25. The van der Waals surface area contributed by atoms with Crippen molar-refractivity contribution < 1.29 is 0 Å². The molecular formula is C13H15BrClN3. The minimum absolute atomic E-state index is 0.438. The van der Waals surface area contributed by atoms with E-state index in [-0.39, 0.29) is 0 Å². The van der Waals surface area contributed by atoms with Crippen molar-refractivity contribution in [3.63, 3.8) is 0 Å². The van der Waals surface area contributed by atoms with Gasteiger partial charge in [0, 0.05) is 29.8 Å². The summed E-state index contributed by atoms with van der Waals surface area (Å²) in [5, 5.41) is 3.97. The molecule has 0 aliphatic carbocycles. The molecule has 0 aromatic carbocycles. The van der Waals surface area contributed by atoms with Crippen molar-refractivity contribution in [1.82, 2.24) is 9.88 Å². The number of aromatic nitrogens is 1. The summed E-state index contributed by atoms with van der Waals surface area (Å²) in [6.45, 7) is 2.80. The third kappa shape index (κ3) is 3.61. The average Bonchev–Trinajstić information content (AvgIpc) is 2.37. The molecular weight excluding hydrogens is 314 g/mol. The Morgan fingerprint density at radius 1 is 1.56 bits per heavy atom. The van der Waals surface area contributed by atoms with Crippen LogP contribution in [0.3, 0.4) is 0 Å². The lowest BCUT2D eigenvalue weighted by molar-refractivity contribution is 0.243. The van der Waals surface area contributed by atoms with E-state index in [0.29, 0.717) is 11.2 Å². The number of hydrogen-bond donors (Lipinski definition) is 1. The summed E-state index contributed by atoms with van der Waals surface area (Å²) in [5.41, 5.74) is 0.890. The fourth-order valence-corrected chi connectivity index (χ4v) is 2.60.